The van der Waals surface area contributed by atoms with E-state index in [1.54, 1.807) is 39.9 Å². The minimum atomic E-state index is -2.44. The van der Waals surface area contributed by atoms with E-state index < -0.39 is 52.8 Å². The molecule has 15 nitrogen and oxygen atoms in total. The zero-order chi connectivity index (χ0) is 62.9. The maximum atomic E-state index is 13.9. The molecule has 7 heterocycles. The molecule has 0 amide bonds. The molecule has 2 aromatic heterocycles. The van der Waals surface area contributed by atoms with Gasteiger partial charge in [-0.15, -0.1) is 6.58 Å². The van der Waals surface area contributed by atoms with Crippen LogP contribution in [0.3, 0.4) is 0 Å². The number of methoxy groups -OCH3 is 3. The van der Waals surface area contributed by atoms with Gasteiger partial charge in [0.1, 0.15) is 36.1 Å². The highest BCUT2D eigenvalue weighted by atomic mass is 28.4. The maximum absolute atomic E-state index is 13.9. The van der Waals surface area contributed by atoms with E-state index in [1.165, 1.54) is 0 Å². The lowest BCUT2D eigenvalue weighted by molar-refractivity contribution is -0.297. The molecule has 7 rings (SSSR count). The van der Waals surface area contributed by atoms with Crippen LogP contribution in [0, 0.1) is 11.8 Å². The number of aromatic nitrogens is 2. The first-order valence-electron chi connectivity index (χ1n) is 32.0. The van der Waals surface area contributed by atoms with Crippen molar-refractivity contribution in [1.29, 1.82) is 0 Å². The quantitative estimate of drug-likeness (QED) is 0.0532. The van der Waals surface area contributed by atoms with Gasteiger partial charge < -0.3 is 55.6 Å². The van der Waals surface area contributed by atoms with Gasteiger partial charge in [-0.2, -0.15) is 0 Å². The van der Waals surface area contributed by atoms with Gasteiger partial charge in [0, 0.05) is 64.9 Å². The smallest absolute Gasteiger partial charge is 0.330 e. The molecule has 8 bridgehead atoms. The van der Waals surface area contributed by atoms with Crippen molar-refractivity contribution in [1.82, 2.24) is 9.97 Å². The predicted molar refractivity (Wildman–Crippen MR) is 344 cm³/mol. The van der Waals surface area contributed by atoms with Gasteiger partial charge in [0.2, 0.25) is 14.2 Å². The molecule has 0 saturated carbocycles. The number of hydrogen-bond acceptors (Lipinski definition) is 15. The summed E-state index contributed by atoms with van der Waals surface area (Å²) in [6, 6.07) is 0. The van der Waals surface area contributed by atoms with Gasteiger partial charge in [-0.3, -0.25) is 0 Å². The zero-order valence-corrected chi connectivity index (χ0v) is 57.6. The zero-order valence-electron chi connectivity index (χ0n) is 55.6. The lowest BCUT2D eigenvalue weighted by Gasteiger charge is -2.49. The van der Waals surface area contributed by atoms with E-state index in [0.29, 0.717) is 79.0 Å². The summed E-state index contributed by atoms with van der Waals surface area (Å²) in [5, 5.41) is 0.0539. The summed E-state index contributed by atoms with van der Waals surface area (Å²) >= 11 is 0. The topological polar surface area (TPSA) is 161 Å². The number of rotatable bonds is 20. The van der Waals surface area contributed by atoms with Gasteiger partial charge in [0.05, 0.1) is 67.5 Å². The standard InChI is InChI=1S/C69H108N2O13Si2/c1-21-24-52(73-16)30-29-46(8)33-62(84-86(43(2)3,44(4)5)45(6)7)61-38-57(74-17)39-69(75-18,82-61)40-64-70-51(41-76-64)34-48(10)66-50(12)67-49(11)59(80-66)26-23-27-63-71-58(42-77-63)60-37-56(83-85(19,20)68(13,14)15)36-55(79-60)35-54-32-47(9)31-53(78-54)25-22-28-65(72)81-67/h21-23,27-30,33-34,41-45,49-50,52-57,59-62,66-67H,1,9,24-26,31-32,35-40H2,2-8,10-20H3/t49-,50-,52+,53-,54+,55+,56+,57+,59+,60+,61+,62+,66-,67-,69-/m0/s1. The van der Waals surface area contributed by atoms with E-state index in [1.807, 2.05) is 37.3 Å². The average Bonchev–Trinajstić information content (AvgIpc) is 1.57. The lowest BCUT2D eigenvalue weighted by Crippen LogP contribution is -2.57. The molecule has 17 heteroatoms. The van der Waals surface area contributed by atoms with Crippen LogP contribution in [-0.4, -0.2) is 127 Å². The Balaban J connectivity index is 1.14. The Labute approximate surface area is 518 Å². The predicted octanol–water partition coefficient (Wildman–Crippen LogP) is 15.9. The maximum Gasteiger partial charge on any atom is 0.330 e. The number of ether oxygens (including phenoxy) is 8. The summed E-state index contributed by atoms with van der Waals surface area (Å²) in [7, 11) is 0.594. The normalized spacial score (nSPS) is 31.3. The molecule has 0 aliphatic carbocycles. The number of carbonyl (C=O) groups is 1. The van der Waals surface area contributed by atoms with Crippen molar-refractivity contribution >= 4 is 34.8 Å². The first-order chi connectivity index (χ1) is 40.6. The van der Waals surface area contributed by atoms with Crippen molar-refractivity contribution in [3.63, 3.8) is 0 Å². The number of nitrogens with zero attached hydrogens (tertiary/aromatic N) is 2. The third-order valence-corrected chi connectivity index (χ3v) is 30.1. The summed E-state index contributed by atoms with van der Waals surface area (Å²) in [6.07, 6.45) is 24.7. The van der Waals surface area contributed by atoms with Gasteiger partial charge in [-0.05, 0) is 105 Å². The number of hydrogen-bond donors (Lipinski definition) is 0. The molecule has 4 saturated heterocycles. The van der Waals surface area contributed by atoms with Crippen molar-refractivity contribution in [3.05, 3.63) is 108 Å². The van der Waals surface area contributed by atoms with E-state index >= 15 is 0 Å². The van der Waals surface area contributed by atoms with Crippen molar-refractivity contribution in [2.24, 2.45) is 11.8 Å². The molecule has 480 valence electrons. The molecule has 5 aliphatic rings. The van der Waals surface area contributed by atoms with E-state index in [9.17, 15) is 4.79 Å². The van der Waals surface area contributed by atoms with Gasteiger partial charge in [0.25, 0.3) is 0 Å². The third-order valence-electron chi connectivity index (χ3n) is 19.4. The van der Waals surface area contributed by atoms with Crippen LogP contribution in [0.25, 0.3) is 12.2 Å². The molecule has 0 N–H and O–H groups in total. The summed E-state index contributed by atoms with van der Waals surface area (Å²) in [4.78, 5) is 23.9. The molecule has 0 radical (unpaired) electrons. The molecular weight excluding hydrogens is 1120 g/mol. The fourth-order valence-corrected chi connectivity index (χ4v) is 20.8. The van der Waals surface area contributed by atoms with Crippen LogP contribution in [0.15, 0.2) is 93.8 Å². The largest absolute Gasteiger partial charge is 0.458 e. The van der Waals surface area contributed by atoms with Crippen LogP contribution < -0.4 is 0 Å². The highest BCUT2D eigenvalue weighted by Crippen LogP contribution is 2.47. The highest BCUT2D eigenvalue weighted by Gasteiger charge is 2.52. The molecule has 5 aliphatic heterocycles. The molecule has 2 aromatic rings. The minimum Gasteiger partial charge on any atom is -0.458 e. The van der Waals surface area contributed by atoms with Crippen LogP contribution in [-0.2, 0) is 58.0 Å². The average molecular weight is 1230 g/mol. The van der Waals surface area contributed by atoms with Gasteiger partial charge in [0.15, 0.2) is 20.0 Å². The summed E-state index contributed by atoms with van der Waals surface area (Å²) in [5.74, 6) is -0.993. The van der Waals surface area contributed by atoms with E-state index in [-0.39, 0.29) is 72.1 Å². The Morgan fingerprint density at radius 3 is 2.22 bits per heavy atom. The Morgan fingerprint density at radius 1 is 0.849 bits per heavy atom. The minimum absolute atomic E-state index is 0.00261. The van der Waals surface area contributed by atoms with Gasteiger partial charge >= 0.3 is 5.97 Å². The summed E-state index contributed by atoms with van der Waals surface area (Å²) in [5.41, 5.74) is 5.47. The fraction of sp³-hybridized carbons (Fsp3) is 0.696. The first kappa shape index (κ1) is 69.6. The number of fused-ring (bicyclic) bond motifs is 9. The summed E-state index contributed by atoms with van der Waals surface area (Å²) in [6.45, 7) is 41.9. The van der Waals surface area contributed by atoms with Crippen LogP contribution in [0.5, 0.6) is 0 Å². The Morgan fingerprint density at radius 2 is 1.56 bits per heavy atom. The number of oxazole rings is 2. The third kappa shape index (κ3) is 17.5. The van der Waals surface area contributed by atoms with Crippen molar-refractivity contribution in [2.75, 3.05) is 21.3 Å². The number of allylic oxidation sites excluding steroid dienone is 2. The van der Waals surface area contributed by atoms with E-state index in [2.05, 4.69) is 128 Å². The molecule has 0 unspecified atom stereocenters. The van der Waals surface area contributed by atoms with Crippen molar-refractivity contribution in [3.8, 4) is 0 Å². The molecule has 15 atom stereocenters. The Bertz CT molecular complexity index is 2680. The highest BCUT2D eigenvalue weighted by molar-refractivity contribution is 6.77. The Hall–Kier alpha value is -3.86. The van der Waals surface area contributed by atoms with Gasteiger partial charge in [-0.1, -0.05) is 130 Å². The fourth-order valence-electron chi connectivity index (χ4n) is 13.9. The second kappa shape index (κ2) is 30.3. The number of carbonyl (C=O) groups excluding carboxylic acids is 1. The Kier molecular flexibility index (Phi) is 24.5. The van der Waals surface area contributed by atoms with E-state index in [4.69, 9.17) is 65.5 Å². The second-order valence-corrected chi connectivity index (χ2v) is 38.0. The lowest BCUT2D eigenvalue weighted by atomic mass is 9.79. The molecule has 86 heavy (non-hydrogen) atoms. The van der Waals surface area contributed by atoms with Crippen LogP contribution in [0.1, 0.15) is 183 Å². The molecular formula is C69H108N2O13Si2. The van der Waals surface area contributed by atoms with Crippen LogP contribution in [0.2, 0.25) is 34.8 Å². The number of esters is 1. The van der Waals surface area contributed by atoms with Crippen LogP contribution >= 0.6 is 0 Å². The molecule has 4 fully saturated rings. The molecule has 0 aromatic carbocycles. The second-order valence-electron chi connectivity index (χ2n) is 27.9. The van der Waals surface area contributed by atoms with Gasteiger partial charge in [-0.25, -0.2) is 14.8 Å². The van der Waals surface area contributed by atoms with Crippen molar-refractivity contribution < 1.29 is 60.4 Å². The first-order valence-corrected chi connectivity index (χ1v) is 37.0. The SMILES string of the molecule is C=CC[C@H](C=CC(C)=C[C@@H](O[Si](C(C)C)(C(C)C)C(C)C)[C@H]1C[C@@H](OC)C[C@](Cc2nc(C=C(C)[C@@H]3O[C@@H]4CC=Cc5nc(co5)[C@H]5C[C@H](O[Si](C)(C)C(C)(C)C)C[C@@H](C[C@H]6CC(=C)C[C@H](CC=CC(=O)O[C@@H]([C@H]4C)[C@H]3C)O6)O5)co2)(OC)O1)OC. The van der Waals surface area contributed by atoms with Crippen LogP contribution in [0.4, 0.5) is 0 Å². The van der Waals surface area contributed by atoms with E-state index in [0.717, 1.165) is 41.7 Å². The summed E-state index contributed by atoms with van der Waals surface area (Å²) < 4.78 is 79.7. The monoisotopic (exact) mass is 1230 g/mol. The van der Waals surface area contributed by atoms with Crippen molar-refractivity contribution in [2.45, 2.75) is 274 Å². The molecule has 0 spiro atoms.